The monoisotopic (exact) mass is 395 g/mol. The first-order valence-corrected chi connectivity index (χ1v) is 9.76. The Morgan fingerprint density at radius 2 is 1.80 bits per heavy atom. The summed E-state index contributed by atoms with van der Waals surface area (Å²) in [5.41, 5.74) is 7.19. The number of nitrogens with zero attached hydrogens (tertiary/aromatic N) is 2. The quantitative estimate of drug-likeness (QED) is 0.337. The van der Waals surface area contributed by atoms with Gasteiger partial charge in [-0.25, -0.2) is 9.78 Å². The van der Waals surface area contributed by atoms with Crippen molar-refractivity contribution in [3.8, 4) is 0 Å². The molecule has 0 bridgehead atoms. The summed E-state index contributed by atoms with van der Waals surface area (Å²) in [4.78, 5) is 15.2. The zero-order valence-electron chi connectivity index (χ0n) is 16.5. The standard InChI is InChI=1S/C25H21N3O2/c1-2-20(18-6-4-3-5-7-18)24(21-14-15-26-25-22(21)16-27-28-25)19-11-8-17(9-12-19)10-13-23(29)30/h3-16H,2H2,1H3,(H,29,30)(H,26,27,28). The molecule has 0 aliphatic carbocycles. The molecule has 148 valence electrons. The van der Waals surface area contributed by atoms with Gasteiger partial charge in [0.15, 0.2) is 5.65 Å². The van der Waals surface area contributed by atoms with Crippen LogP contribution in [0.25, 0.3) is 28.3 Å². The van der Waals surface area contributed by atoms with Gasteiger partial charge >= 0.3 is 5.97 Å². The van der Waals surface area contributed by atoms with E-state index in [2.05, 4.69) is 34.2 Å². The molecule has 0 saturated carbocycles. The molecule has 0 aliphatic heterocycles. The van der Waals surface area contributed by atoms with Gasteiger partial charge in [-0.2, -0.15) is 5.10 Å². The third-order valence-corrected chi connectivity index (χ3v) is 5.02. The number of allylic oxidation sites excluding steroid dienone is 1. The second-order valence-corrected chi connectivity index (χ2v) is 6.86. The van der Waals surface area contributed by atoms with Crippen molar-refractivity contribution in [2.45, 2.75) is 13.3 Å². The number of aromatic nitrogens is 3. The molecule has 0 aliphatic rings. The van der Waals surface area contributed by atoms with Crippen molar-refractivity contribution in [2.24, 2.45) is 0 Å². The molecule has 2 N–H and O–H groups in total. The molecule has 5 nitrogen and oxygen atoms in total. The van der Waals surface area contributed by atoms with Gasteiger partial charge < -0.3 is 5.11 Å². The molecule has 2 heterocycles. The molecule has 30 heavy (non-hydrogen) atoms. The summed E-state index contributed by atoms with van der Waals surface area (Å²) in [5, 5.41) is 17.0. The number of carbonyl (C=O) groups is 1. The van der Waals surface area contributed by atoms with E-state index in [4.69, 9.17) is 5.11 Å². The van der Waals surface area contributed by atoms with Crippen LogP contribution in [0.1, 0.15) is 35.6 Å². The van der Waals surface area contributed by atoms with Crippen LogP contribution in [0.15, 0.2) is 79.1 Å². The Labute approximate surface area is 174 Å². The Balaban J connectivity index is 1.94. The molecule has 4 rings (SSSR count). The molecule has 0 unspecified atom stereocenters. The predicted octanol–water partition coefficient (Wildman–Crippen LogP) is 5.42. The number of nitrogens with one attached hydrogen (secondary N) is 1. The van der Waals surface area contributed by atoms with Crippen LogP contribution < -0.4 is 0 Å². The maximum absolute atomic E-state index is 10.8. The van der Waals surface area contributed by atoms with Crippen LogP contribution in [0, 0.1) is 0 Å². The number of fused-ring (bicyclic) bond motifs is 1. The summed E-state index contributed by atoms with van der Waals surface area (Å²) in [5.74, 6) is -0.962. The molecule has 5 heteroatoms. The number of H-pyrrole nitrogens is 1. The van der Waals surface area contributed by atoms with E-state index in [9.17, 15) is 4.79 Å². The molecule has 0 fully saturated rings. The minimum Gasteiger partial charge on any atom is -0.478 e. The Bertz CT molecular complexity index is 1240. The normalized spacial score (nSPS) is 12.3. The topological polar surface area (TPSA) is 78.9 Å². The van der Waals surface area contributed by atoms with Gasteiger partial charge in [0.05, 0.1) is 6.20 Å². The summed E-state index contributed by atoms with van der Waals surface area (Å²) < 4.78 is 0. The Hall–Kier alpha value is -3.99. The summed E-state index contributed by atoms with van der Waals surface area (Å²) in [7, 11) is 0. The van der Waals surface area contributed by atoms with Crippen LogP contribution in [-0.4, -0.2) is 26.3 Å². The third-order valence-electron chi connectivity index (χ3n) is 5.02. The van der Waals surface area contributed by atoms with Gasteiger partial charge in [0.1, 0.15) is 0 Å². The van der Waals surface area contributed by atoms with Crippen molar-refractivity contribution < 1.29 is 9.90 Å². The van der Waals surface area contributed by atoms with E-state index < -0.39 is 5.97 Å². The average Bonchev–Trinajstić information content (AvgIpc) is 3.26. The molecule has 0 spiro atoms. The number of hydrogen-bond donors (Lipinski definition) is 2. The first-order chi connectivity index (χ1) is 14.7. The minimum absolute atomic E-state index is 0.745. The first-order valence-electron chi connectivity index (χ1n) is 9.76. The molecule has 2 aromatic heterocycles. The SMILES string of the molecule is CCC(=C(c1ccc(C=CC(=O)O)cc1)c1ccnc2[nH]ncc12)c1ccccc1. The number of aromatic amines is 1. The predicted molar refractivity (Wildman–Crippen MR) is 120 cm³/mol. The van der Waals surface area contributed by atoms with Crippen molar-refractivity contribution in [3.05, 3.63) is 101 Å². The van der Waals surface area contributed by atoms with Crippen molar-refractivity contribution in [3.63, 3.8) is 0 Å². The highest BCUT2D eigenvalue weighted by Crippen LogP contribution is 2.36. The van der Waals surface area contributed by atoms with E-state index in [0.717, 1.165) is 45.8 Å². The lowest BCUT2D eigenvalue weighted by Crippen LogP contribution is -1.96. The highest BCUT2D eigenvalue weighted by molar-refractivity contribution is 6.05. The van der Waals surface area contributed by atoms with E-state index in [1.54, 1.807) is 18.5 Å². The smallest absolute Gasteiger partial charge is 0.328 e. The Kier molecular flexibility index (Phi) is 5.52. The Morgan fingerprint density at radius 1 is 1.03 bits per heavy atom. The first kappa shape index (κ1) is 19.3. The van der Waals surface area contributed by atoms with Gasteiger partial charge in [0, 0.05) is 17.7 Å². The highest BCUT2D eigenvalue weighted by Gasteiger charge is 2.16. The lowest BCUT2D eigenvalue weighted by Gasteiger charge is -2.17. The minimum atomic E-state index is -0.962. The lowest BCUT2D eigenvalue weighted by molar-refractivity contribution is -0.131. The van der Waals surface area contributed by atoms with Gasteiger partial charge in [-0.3, -0.25) is 5.10 Å². The number of benzene rings is 2. The van der Waals surface area contributed by atoms with Crippen LogP contribution in [0.4, 0.5) is 0 Å². The van der Waals surface area contributed by atoms with Crippen LogP contribution in [0.2, 0.25) is 0 Å². The molecule has 0 atom stereocenters. The number of carboxylic acid groups (broad SMARTS) is 1. The molecular weight excluding hydrogens is 374 g/mol. The summed E-state index contributed by atoms with van der Waals surface area (Å²) in [6.45, 7) is 2.15. The van der Waals surface area contributed by atoms with Gasteiger partial charge in [0.2, 0.25) is 0 Å². The molecule has 0 saturated heterocycles. The summed E-state index contributed by atoms with van der Waals surface area (Å²) >= 11 is 0. The second kappa shape index (κ2) is 8.57. The fraction of sp³-hybridized carbons (Fsp3) is 0.0800. The number of rotatable bonds is 6. The molecular formula is C25H21N3O2. The van der Waals surface area contributed by atoms with Crippen LogP contribution in [0.5, 0.6) is 0 Å². The molecule has 2 aromatic carbocycles. The van der Waals surface area contributed by atoms with Crippen molar-refractivity contribution in [2.75, 3.05) is 0 Å². The summed E-state index contributed by atoms with van der Waals surface area (Å²) in [6, 6.07) is 20.3. The zero-order chi connectivity index (χ0) is 20.9. The van der Waals surface area contributed by atoms with Crippen molar-refractivity contribution in [1.29, 1.82) is 0 Å². The fourth-order valence-electron chi connectivity index (χ4n) is 3.65. The highest BCUT2D eigenvalue weighted by atomic mass is 16.4. The van der Waals surface area contributed by atoms with E-state index in [1.165, 1.54) is 11.1 Å². The van der Waals surface area contributed by atoms with Crippen molar-refractivity contribution in [1.82, 2.24) is 15.2 Å². The Morgan fingerprint density at radius 3 is 2.50 bits per heavy atom. The van der Waals surface area contributed by atoms with Crippen LogP contribution in [-0.2, 0) is 4.79 Å². The van der Waals surface area contributed by atoms with Gasteiger partial charge in [0.25, 0.3) is 0 Å². The molecule has 4 aromatic rings. The van der Waals surface area contributed by atoms with E-state index in [1.807, 2.05) is 48.5 Å². The fourth-order valence-corrected chi connectivity index (χ4v) is 3.65. The van der Waals surface area contributed by atoms with Gasteiger partial charge in [-0.1, -0.05) is 61.5 Å². The second-order valence-electron chi connectivity index (χ2n) is 6.86. The maximum atomic E-state index is 10.8. The lowest BCUT2D eigenvalue weighted by atomic mass is 9.87. The molecule has 0 amide bonds. The third kappa shape index (κ3) is 3.91. The number of hydrogen-bond acceptors (Lipinski definition) is 3. The summed E-state index contributed by atoms with van der Waals surface area (Å²) in [6.07, 6.45) is 7.18. The van der Waals surface area contributed by atoms with Gasteiger partial charge in [-0.05, 0) is 52.0 Å². The number of pyridine rings is 1. The van der Waals surface area contributed by atoms with Crippen LogP contribution in [0.3, 0.4) is 0 Å². The van der Waals surface area contributed by atoms with Gasteiger partial charge in [-0.15, -0.1) is 0 Å². The average molecular weight is 395 g/mol. The number of carboxylic acids is 1. The van der Waals surface area contributed by atoms with E-state index in [-0.39, 0.29) is 0 Å². The molecule has 0 radical (unpaired) electrons. The van der Waals surface area contributed by atoms with Crippen molar-refractivity contribution >= 4 is 34.2 Å². The number of aliphatic carboxylic acids is 1. The van der Waals surface area contributed by atoms with E-state index >= 15 is 0 Å². The maximum Gasteiger partial charge on any atom is 0.328 e. The zero-order valence-corrected chi connectivity index (χ0v) is 16.5. The largest absolute Gasteiger partial charge is 0.478 e. The van der Waals surface area contributed by atoms with Crippen LogP contribution >= 0.6 is 0 Å². The van der Waals surface area contributed by atoms with E-state index in [0.29, 0.717) is 0 Å².